The van der Waals surface area contributed by atoms with Gasteiger partial charge in [0.05, 0.1) is 5.69 Å². The van der Waals surface area contributed by atoms with E-state index in [2.05, 4.69) is 32.5 Å². The van der Waals surface area contributed by atoms with E-state index < -0.39 is 0 Å². The van der Waals surface area contributed by atoms with Crippen LogP contribution in [0.15, 0.2) is 46.5 Å². The maximum absolute atomic E-state index is 11.2. The molecule has 118 valence electrons. The van der Waals surface area contributed by atoms with E-state index in [1.54, 1.807) is 28.7 Å². The third kappa shape index (κ3) is 4.25. The van der Waals surface area contributed by atoms with E-state index in [0.29, 0.717) is 5.56 Å². The van der Waals surface area contributed by atoms with Crippen LogP contribution in [0, 0.1) is 0 Å². The number of hydrogen-bond donors (Lipinski definition) is 2. The van der Waals surface area contributed by atoms with Crippen LogP contribution in [-0.4, -0.2) is 17.4 Å². The molecule has 4 nitrogen and oxygen atoms in total. The molecule has 0 fully saturated rings. The molecule has 0 bridgehead atoms. The standard InChI is InChI=1S/C17H17N3OS2/c18-16(21)13-3-1-2-12(8-13)4-6-19-9-15-11-23-17(20-15)14-5-7-22-10-14/h1-3,5,7-8,10-11,19H,4,6,9H2,(H2,18,21). The van der Waals surface area contributed by atoms with Crippen molar-refractivity contribution >= 4 is 28.6 Å². The van der Waals surface area contributed by atoms with E-state index in [-0.39, 0.29) is 5.91 Å². The van der Waals surface area contributed by atoms with Crippen LogP contribution in [0.5, 0.6) is 0 Å². The summed E-state index contributed by atoms with van der Waals surface area (Å²) in [5.74, 6) is -0.386. The van der Waals surface area contributed by atoms with Gasteiger partial charge in [0.25, 0.3) is 0 Å². The average molecular weight is 343 g/mol. The Balaban J connectivity index is 1.48. The number of primary amides is 1. The Morgan fingerprint density at radius 2 is 2.17 bits per heavy atom. The third-order valence-electron chi connectivity index (χ3n) is 3.43. The highest BCUT2D eigenvalue weighted by atomic mass is 32.1. The molecule has 0 spiro atoms. The molecule has 0 saturated heterocycles. The van der Waals surface area contributed by atoms with Crippen LogP contribution in [0.25, 0.3) is 10.6 Å². The number of amides is 1. The van der Waals surface area contributed by atoms with Gasteiger partial charge in [0, 0.05) is 28.4 Å². The van der Waals surface area contributed by atoms with Crippen LogP contribution in [0.2, 0.25) is 0 Å². The third-order valence-corrected chi connectivity index (χ3v) is 5.05. The lowest BCUT2D eigenvalue weighted by Crippen LogP contribution is -2.17. The zero-order valence-corrected chi connectivity index (χ0v) is 14.1. The quantitative estimate of drug-likeness (QED) is 0.647. The normalized spacial score (nSPS) is 10.8. The van der Waals surface area contributed by atoms with E-state index >= 15 is 0 Å². The Hall–Kier alpha value is -2.02. The number of thiazole rings is 1. The molecule has 1 aromatic carbocycles. The SMILES string of the molecule is NC(=O)c1cccc(CCNCc2csc(-c3ccsc3)n2)c1. The van der Waals surface area contributed by atoms with Crippen molar-refractivity contribution in [3.05, 3.63) is 63.3 Å². The van der Waals surface area contributed by atoms with Crippen molar-refractivity contribution in [2.45, 2.75) is 13.0 Å². The van der Waals surface area contributed by atoms with Crippen molar-refractivity contribution in [3.8, 4) is 10.6 Å². The van der Waals surface area contributed by atoms with Crippen molar-refractivity contribution in [1.29, 1.82) is 0 Å². The fourth-order valence-electron chi connectivity index (χ4n) is 2.24. The molecule has 0 aliphatic rings. The van der Waals surface area contributed by atoms with Crippen LogP contribution in [-0.2, 0) is 13.0 Å². The molecule has 0 saturated carbocycles. The van der Waals surface area contributed by atoms with Gasteiger partial charge >= 0.3 is 0 Å². The van der Waals surface area contributed by atoms with Gasteiger partial charge in [-0.25, -0.2) is 4.98 Å². The number of thiophene rings is 1. The number of nitrogens with one attached hydrogen (secondary N) is 1. The first kappa shape index (κ1) is 15.9. The Morgan fingerprint density at radius 3 is 2.96 bits per heavy atom. The van der Waals surface area contributed by atoms with Gasteiger partial charge < -0.3 is 11.1 Å². The molecule has 3 aromatic rings. The minimum absolute atomic E-state index is 0.386. The average Bonchev–Trinajstić information content (AvgIpc) is 3.23. The number of carbonyl (C=O) groups excluding carboxylic acids is 1. The van der Waals surface area contributed by atoms with Gasteiger partial charge in [0.1, 0.15) is 5.01 Å². The van der Waals surface area contributed by atoms with E-state index in [1.807, 2.05) is 18.2 Å². The summed E-state index contributed by atoms with van der Waals surface area (Å²) < 4.78 is 0. The van der Waals surface area contributed by atoms with Crippen molar-refractivity contribution < 1.29 is 4.79 Å². The Morgan fingerprint density at radius 1 is 1.26 bits per heavy atom. The summed E-state index contributed by atoms with van der Waals surface area (Å²) in [6.45, 7) is 1.57. The number of nitrogens with zero attached hydrogens (tertiary/aromatic N) is 1. The highest BCUT2D eigenvalue weighted by Crippen LogP contribution is 2.25. The zero-order valence-electron chi connectivity index (χ0n) is 12.5. The van der Waals surface area contributed by atoms with Gasteiger partial charge in [-0.05, 0) is 42.1 Å². The monoisotopic (exact) mass is 343 g/mol. The first-order chi connectivity index (χ1) is 11.2. The molecular weight excluding hydrogens is 326 g/mol. The largest absolute Gasteiger partial charge is 0.366 e. The van der Waals surface area contributed by atoms with Gasteiger partial charge in [0.15, 0.2) is 0 Å². The summed E-state index contributed by atoms with van der Waals surface area (Å²) in [4.78, 5) is 15.8. The lowest BCUT2D eigenvalue weighted by Gasteiger charge is -2.04. The minimum atomic E-state index is -0.386. The fourth-order valence-corrected chi connectivity index (χ4v) is 3.77. The maximum Gasteiger partial charge on any atom is 0.248 e. The fraction of sp³-hybridized carbons (Fsp3) is 0.176. The number of hydrogen-bond acceptors (Lipinski definition) is 5. The number of nitrogens with two attached hydrogens (primary N) is 1. The van der Waals surface area contributed by atoms with E-state index in [1.165, 1.54) is 5.56 Å². The Kier molecular flexibility index (Phi) is 5.17. The van der Waals surface area contributed by atoms with Crippen LogP contribution in [0.1, 0.15) is 21.6 Å². The number of rotatable bonds is 7. The minimum Gasteiger partial charge on any atom is -0.366 e. The predicted octanol–water partition coefficient (Wildman–Crippen LogP) is 3.30. The molecule has 3 N–H and O–H groups in total. The Bertz CT molecular complexity index is 781. The number of aromatic nitrogens is 1. The molecule has 0 radical (unpaired) electrons. The van der Waals surface area contributed by atoms with Gasteiger partial charge in [-0.3, -0.25) is 4.79 Å². The molecule has 2 heterocycles. The second-order valence-corrected chi connectivity index (χ2v) is 6.79. The lowest BCUT2D eigenvalue weighted by atomic mass is 10.1. The lowest BCUT2D eigenvalue weighted by molar-refractivity contribution is 0.1000. The van der Waals surface area contributed by atoms with E-state index in [0.717, 1.165) is 35.8 Å². The molecule has 0 unspecified atom stereocenters. The second-order valence-electron chi connectivity index (χ2n) is 5.15. The zero-order chi connectivity index (χ0) is 16.1. The highest BCUT2D eigenvalue weighted by Gasteiger charge is 2.05. The number of benzene rings is 1. The van der Waals surface area contributed by atoms with Gasteiger partial charge in [0.2, 0.25) is 5.91 Å². The van der Waals surface area contributed by atoms with Crippen LogP contribution >= 0.6 is 22.7 Å². The molecule has 0 aliphatic heterocycles. The molecule has 0 aliphatic carbocycles. The van der Waals surface area contributed by atoms with Crippen LogP contribution < -0.4 is 11.1 Å². The summed E-state index contributed by atoms with van der Waals surface area (Å²) in [6.07, 6.45) is 0.850. The van der Waals surface area contributed by atoms with E-state index in [9.17, 15) is 4.79 Å². The van der Waals surface area contributed by atoms with E-state index in [4.69, 9.17) is 5.73 Å². The predicted molar refractivity (Wildman–Crippen MR) is 95.8 cm³/mol. The summed E-state index contributed by atoms with van der Waals surface area (Å²) in [7, 11) is 0. The van der Waals surface area contributed by atoms with Gasteiger partial charge in [-0.15, -0.1) is 11.3 Å². The van der Waals surface area contributed by atoms with Crippen molar-refractivity contribution in [1.82, 2.24) is 10.3 Å². The molecule has 23 heavy (non-hydrogen) atoms. The van der Waals surface area contributed by atoms with Crippen molar-refractivity contribution in [2.75, 3.05) is 6.54 Å². The first-order valence-corrected chi connectivity index (χ1v) is 9.11. The first-order valence-electron chi connectivity index (χ1n) is 7.29. The molecule has 1 amide bonds. The summed E-state index contributed by atoms with van der Waals surface area (Å²) in [5, 5.41) is 10.7. The van der Waals surface area contributed by atoms with Crippen LogP contribution in [0.4, 0.5) is 0 Å². The second kappa shape index (κ2) is 7.50. The van der Waals surface area contributed by atoms with Crippen molar-refractivity contribution in [2.24, 2.45) is 5.73 Å². The maximum atomic E-state index is 11.2. The van der Waals surface area contributed by atoms with Gasteiger partial charge in [-0.1, -0.05) is 12.1 Å². The topological polar surface area (TPSA) is 68.0 Å². The van der Waals surface area contributed by atoms with Gasteiger partial charge in [-0.2, -0.15) is 11.3 Å². The van der Waals surface area contributed by atoms with Crippen LogP contribution in [0.3, 0.4) is 0 Å². The molecule has 0 atom stereocenters. The molecular formula is C17H17N3OS2. The Labute approximate surface area is 143 Å². The van der Waals surface area contributed by atoms with Crippen molar-refractivity contribution in [3.63, 3.8) is 0 Å². The molecule has 6 heteroatoms. The smallest absolute Gasteiger partial charge is 0.248 e. The summed E-state index contributed by atoms with van der Waals surface area (Å²) in [6, 6.07) is 9.54. The molecule has 2 aromatic heterocycles. The molecule has 3 rings (SSSR count). The summed E-state index contributed by atoms with van der Waals surface area (Å²) >= 11 is 3.36. The number of carbonyl (C=O) groups is 1. The highest BCUT2D eigenvalue weighted by molar-refractivity contribution is 7.14. The summed E-state index contributed by atoms with van der Waals surface area (Å²) in [5.41, 5.74) is 9.20.